The van der Waals surface area contributed by atoms with Gasteiger partial charge in [-0.2, -0.15) is 0 Å². The monoisotopic (exact) mass is 190 g/mol. The Labute approximate surface area is 85.7 Å². The number of nitrogens with zero attached hydrogens (tertiary/aromatic N) is 1. The number of hydrogen-bond donors (Lipinski definition) is 1. The van der Waals surface area contributed by atoms with Crippen LogP contribution in [0.25, 0.3) is 0 Å². The van der Waals surface area contributed by atoms with Crippen molar-refractivity contribution in [2.24, 2.45) is 0 Å². The van der Waals surface area contributed by atoms with Crippen molar-refractivity contribution in [1.29, 1.82) is 0 Å². The van der Waals surface area contributed by atoms with E-state index in [9.17, 15) is 0 Å². The van der Waals surface area contributed by atoms with Crippen LogP contribution in [0.1, 0.15) is 26.2 Å². The van der Waals surface area contributed by atoms with Gasteiger partial charge in [-0.3, -0.25) is 0 Å². The van der Waals surface area contributed by atoms with E-state index >= 15 is 0 Å². The van der Waals surface area contributed by atoms with Crippen molar-refractivity contribution >= 4 is 11.4 Å². The molecule has 0 aliphatic carbocycles. The molecule has 76 valence electrons. The smallest absolute Gasteiger partial charge is 0.0370 e. The van der Waals surface area contributed by atoms with E-state index in [1.54, 1.807) is 0 Å². The van der Waals surface area contributed by atoms with E-state index < -0.39 is 0 Å². The fourth-order valence-electron chi connectivity index (χ4n) is 2.15. The van der Waals surface area contributed by atoms with Crippen LogP contribution in [-0.4, -0.2) is 12.6 Å². The summed E-state index contributed by atoms with van der Waals surface area (Å²) in [6, 6.07) is 8.88. The van der Waals surface area contributed by atoms with Crippen LogP contribution >= 0.6 is 0 Å². The quantitative estimate of drug-likeness (QED) is 0.690. The van der Waals surface area contributed by atoms with E-state index in [2.05, 4.69) is 24.0 Å². The lowest BCUT2D eigenvalue weighted by Gasteiger charge is -2.35. The Balaban J connectivity index is 2.16. The second kappa shape index (κ2) is 3.91. The first-order valence-electron chi connectivity index (χ1n) is 5.39. The maximum atomic E-state index is 5.67. The second-order valence-corrected chi connectivity index (χ2v) is 4.13. The highest BCUT2D eigenvalue weighted by atomic mass is 15.2. The maximum Gasteiger partial charge on any atom is 0.0370 e. The van der Waals surface area contributed by atoms with Gasteiger partial charge in [-0.1, -0.05) is 0 Å². The summed E-state index contributed by atoms with van der Waals surface area (Å²) in [5.74, 6) is 0. The van der Waals surface area contributed by atoms with Crippen molar-refractivity contribution < 1.29 is 0 Å². The first kappa shape index (κ1) is 9.38. The summed E-state index contributed by atoms with van der Waals surface area (Å²) in [4.78, 5) is 2.48. The topological polar surface area (TPSA) is 29.3 Å². The SMILES string of the molecule is CC1CCCCN1c1ccc(N)cc1. The number of piperidine rings is 1. The van der Waals surface area contributed by atoms with Gasteiger partial charge in [-0.25, -0.2) is 0 Å². The van der Waals surface area contributed by atoms with Crippen molar-refractivity contribution in [3.05, 3.63) is 24.3 Å². The second-order valence-electron chi connectivity index (χ2n) is 4.13. The fraction of sp³-hybridized carbons (Fsp3) is 0.500. The average Bonchev–Trinajstić information content (AvgIpc) is 2.20. The third kappa shape index (κ3) is 1.84. The number of nitrogen functional groups attached to an aromatic ring is 1. The van der Waals surface area contributed by atoms with Crippen LogP contribution in [0.3, 0.4) is 0 Å². The molecule has 0 aromatic heterocycles. The van der Waals surface area contributed by atoms with Crippen LogP contribution in [0.2, 0.25) is 0 Å². The molecule has 0 bridgehead atoms. The molecule has 1 aromatic carbocycles. The highest BCUT2D eigenvalue weighted by Crippen LogP contribution is 2.24. The molecule has 2 N–H and O–H groups in total. The molecule has 2 nitrogen and oxygen atoms in total. The lowest BCUT2D eigenvalue weighted by Crippen LogP contribution is -2.37. The molecule has 1 heterocycles. The van der Waals surface area contributed by atoms with E-state index in [1.165, 1.54) is 31.5 Å². The number of nitrogens with two attached hydrogens (primary N) is 1. The molecule has 1 aliphatic heterocycles. The minimum Gasteiger partial charge on any atom is -0.399 e. The first-order valence-corrected chi connectivity index (χ1v) is 5.39. The van der Waals surface area contributed by atoms with E-state index in [-0.39, 0.29) is 0 Å². The first-order chi connectivity index (χ1) is 6.77. The molecule has 1 saturated heterocycles. The van der Waals surface area contributed by atoms with E-state index in [0.29, 0.717) is 6.04 Å². The lowest BCUT2D eigenvalue weighted by atomic mass is 10.0. The van der Waals surface area contributed by atoms with Crippen molar-refractivity contribution in [3.8, 4) is 0 Å². The molecule has 0 spiro atoms. The summed E-state index contributed by atoms with van der Waals surface area (Å²) in [5, 5.41) is 0. The van der Waals surface area contributed by atoms with Crippen LogP contribution < -0.4 is 10.6 Å². The van der Waals surface area contributed by atoms with Crippen LogP contribution in [0.4, 0.5) is 11.4 Å². The summed E-state index contributed by atoms with van der Waals surface area (Å²) in [5.41, 5.74) is 7.83. The normalized spacial score (nSPS) is 22.4. The van der Waals surface area contributed by atoms with Gasteiger partial charge in [0.15, 0.2) is 0 Å². The van der Waals surface area contributed by atoms with E-state index in [1.807, 2.05) is 12.1 Å². The molecule has 1 fully saturated rings. The molecule has 1 aromatic rings. The van der Waals surface area contributed by atoms with Crippen molar-refractivity contribution in [3.63, 3.8) is 0 Å². The van der Waals surface area contributed by atoms with Gasteiger partial charge < -0.3 is 10.6 Å². The van der Waals surface area contributed by atoms with Gasteiger partial charge in [0.25, 0.3) is 0 Å². The Bertz CT molecular complexity index is 292. The van der Waals surface area contributed by atoms with Crippen LogP contribution in [0.5, 0.6) is 0 Å². The van der Waals surface area contributed by atoms with Crippen LogP contribution in [0, 0.1) is 0 Å². The molecule has 0 saturated carbocycles. The van der Waals surface area contributed by atoms with Crippen molar-refractivity contribution in [1.82, 2.24) is 0 Å². The summed E-state index contributed by atoms with van der Waals surface area (Å²) < 4.78 is 0. The van der Waals surface area contributed by atoms with Gasteiger partial charge >= 0.3 is 0 Å². The Kier molecular flexibility index (Phi) is 2.62. The van der Waals surface area contributed by atoms with Gasteiger partial charge in [0, 0.05) is 24.0 Å². The van der Waals surface area contributed by atoms with E-state index in [0.717, 1.165) is 5.69 Å². The number of benzene rings is 1. The zero-order valence-electron chi connectivity index (χ0n) is 8.74. The molecule has 1 aliphatic rings. The molecule has 2 rings (SSSR count). The molecule has 14 heavy (non-hydrogen) atoms. The minimum absolute atomic E-state index is 0.673. The molecule has 2 heteroatoms. The summed E-state index contributed by atoms with van der Waals surface area (Å²) in [6.45, 7) is 3.49. The molecule has 1 atom stereocenters. The Morgan fingerprint density at radius 2 is 1.93 bits per heavy atom. The van der Waals surface area contributed by atoms with Gasteiger partial charge in [-0.05, 0) is 50.5 Å². The third-order valence-corrected chi connectivity index (χ3v) is 3.03. The average molecular weight is 190 g/mol. The van der Waals surface area contributed by atoms with Gasteiger partial charge in [-0.15, -0.1) is 0 Å². The van der Waals surface area contributed by atoms with Crippen molar-refractivity contribution in [2.75, 3.05) is 17.2 Å². The molecule has 0 radical (unpaired) electrons. The molecule has 0 amide bonds. The molecular weight excluding hydrogens is 172 g/mol. The van der Waals surface area contributed by atoms with Crippen LogP contribution in [0.15, 0.2) is 24.3 Å². The van der Waals surface area contributed by atoms with E-state index in [4.69, 9.17) is 5.73 Å². The lowest BCUT2D eigenvalue weighted by molar-refractivity contribution is 0.485. The van der Waals surface area contributed by atoms with Crippen molar-refractivity contribution in [2.45, 2.75) is 32.2 Å². The summed E-state index contributed by atoms with van der Waals surface area (Å²) in [7, 11) is 0. The molecular formula is C12H18N2. The maximum absolute atomic E-state index is 5.67. The highest BCUT2D eigenvalue weighted by Gasteiger charge is 2.17. The zero-order valence-corrected chi connectivity index (χ0v) is 8.74. The minimum atomic E-state index is 0.673. The summed E-state index contributed by atoms with van der Waals surface area (Å²) in [6.07, 6.45) is 3.99. The number of anilines is 2. The zero-order chi connectivity index (χ0) is 9.97. The summed E-state index contributed by atoms with van der Waals surface area (Å²) >= 11 is 0. The van der Waals surface area contributed by atoms with Gasteiger partial charge in [0.2, 0.25) is 0 Å². The van der Waals surface area contributed by atoms with Gasteiger partial charge in [0.05, 0.1) is 0 Å². The largest absolute Gasteiger partial charge is 0.399 e. The number of rotatable bonds is 1. The Morgan fingerprint density at radius 3 is 2.57 bits per heavy atom. The Hall–Kier alpha value is -1.18. The fourth-order valence-corrected chi connectivity index (χ4v) is 2.15. The Morgan fingerprint density at radius 1 is 1.21 bits per heavy atom. The number of hydrogen-bond acceptors (Lipinski definition) is 2. The predicted octanol–water partition coefficient (Wildman–Crippen LogP) is 2.65. The predicted molar refractivity (Wildman–Crippen MR) is 61.5 cm³/mol. The van der Waals surface area contributed by atoms with Crippen LogP contribution in [-0.2, 0) is 0 Å². The van der Waals surface area contributed by atoms with Gasteiger partial charge in [0.1, 0.15) is 0 Å². The third-order valence-electron chi connectivity index (χ3n) is 3.03. The standard InChI is InChI=1S/C12H18N2/c1-10-4-2-3-9-14(10)12-7-5-11(13)6-8-12/h5-8,10H,2-4,9,13H2,1H3. The molecule has 1 unspecified atom stereocenters. The highest BCUT2D eigenvalue weighted by molar-refractivity contribution is 5.53.